The topological polar surface area (TPSA) is 71.4 Å². The molecule has 6 heteroatoms. The largest absolute Gasteiger partial charge is 0.344 e. The molecule has 1 N–H and O–H groups in total. The van der Waals surface area contributed by atoms with Gasteiger partial charge in [-0.1, -0.05) is 19.9 Å². The number of fused-ring (bicyclic) bond motifs is 4. The first-order valence-electron chi connectivity index (χ1n) is 8.62. The number of nitrogens with one attached hydrogen (secondary N) is 1. The maximum Gasteiger partial charge on any atom is 0.250 e. The average Bonchev–Trinajstić information content (AvgIpc) is 2.52. The first-order chi connectivity index (χ1) is 11.4. The van der Waals surface area contributed by atoms with E-state index in [-0.39, 0.29) is 29.2 Å². The molecule has 2 bridgehead atoms. The summed E-state index contributed by atoms with van der Waals surface area (Å²) < 4.78 is 1.86. The van der Waals surface area contributed by atoms with Crippen molar-refractivity contribution >= 4 is 11.8 Å². The highest BCUT2D eigenvalue weighted by Crippen LogP contribution is 2.35. The lowest BCUT2D eigenvalue weighted by Crippen LogP contribution is -2.56. The minimum absolute atomic E-state index is 0.0124. The van der Waals surface area contributed by atoms with Gasteiger partial charge in [0.1, 0.15) is 6.04 Å². The van der Waals surface area contributed by atoms with Crippen LogP contribution in [0, 0.1) is 11.8 Å². The van der Waals surface area contributed by atoms with Gasteiger partial charge in [-0.2, -0.15) is 0 Å². The molecule has 130 valence electrons. The van der Waals surface area contributed by atoms with Crippen LogP contribution in [0.3, 0.4) is 0 Å². The number of aromatic nitrogens is 1. The SMILES string of the molecule is CC(=O)NC(C(=O)N1C[C@@H]2C[C@H](C1)c1cccc(=O)n1C2)C(C)C. The van der Waals surface area contributed by atoms with Gasteiger partial charge in [0.05, 0.1) is 0 Å². The molecule has 1 fully saturated rings. The van der Waals surface area contributed by atoms with Crippen molar-refractivity contribution in [3.8, 4) is 0 Å². The van der Waals surface area contributed by atoms with Gasteiger partial charge >= 0.3 is 0 Å². The Labute approximate surface area is 141 Å². The van der Waals surface area contributed by atoms with E-state index in [4.69, 9.17) is 0 Å². The highest BCUT2D eigenvalue weighted by Gasteiger charge is 2.38. The second-order valence-electron chi connectivity index (χ2n) is 7.36. The second kappa shape index (κ2) is 6.42. The normalized spacial score (nSPS) is 23.6. The van der Waals surface area contributed by atoms with Crippen molar-refractivity contribution in [3.05, 3.63) is 34.2 Å². The van der Waals surface area contributed by atoms with E-state index in [1.807, 2.05) is 29.4 Å². The second-order valence-corrected chi connectivity index (χ2v) is 7.36. The van der Waals surface area contributed by atoms with Crippen LogP contribution in [0.4, 0.5) is 0 Å². The Balaban J connectivity index is 1.82. The average molecular weight is 331 g/mol. The van der Waals surface area contributed by atoms with Crippen LogP contribution in [-0.2, 0) is 16.1 Å². The standard InChI is InChI=1S/C18H25N3O3/c1-11(2)17(19-12(3)22)18(24)20-8-13-7-14(10-20)15-5-4-6-16(23)21(15)9-13/h4-6,11,13-14,17H,7-10H2,1-3H3,(H,19,22)/t13-,14+,17?/m0/s1. The number of hydrogen-bond acceptors (Lipinski definition) is 3. The zero-order valence-electron chi connectivity index (χ0n) is 14.5. The van der Waals surface area contributed by atoms with Crippen LogP contribution < -0.4 is 10.9 Å². The fraction of sp³-hybridized carbons (Fsp3) is 0.611. The molecule has 0 spiro atoms. The number of pyridine rings is 1. The zero-order chi connectivity index (χ0) is 17.4. The summed E-state index contributed by atoms with van der Waals surface area (Å²) in [5, 5.41) is 2.79. The third-order valence-corrected chi connectivity index (χ3v) is 5.08. The molecule has 0 aliphatic carbocycles. The van der Waals surface area contributed by atoms with Gasteiger partial charge in [0.2, 0.25) is 11.8 Å². The van der Waals surface area contributed by atoms with Gasteiger partial charge in [-0.05, 0) is 24.3 Å². The van der Waals surface area contributed by atoms with Crippen LogP contribution in [0.25, 0.3) is 0 Å². The Morgan fingerprint density at radius 1 is 1.21 bits per heavy atom. The number of amides is 2. The predicted octanol–water partition coefficient (Wildman–Crippen LogP) is 0.955. The number of carbonyl (C=O) groups excluding carboxylic acids is 2. The predicted molar refractivity (Wildman–Crippen MR) is 90.6 cm³/mol. The van der Waals surface area contributed by atoms with Crippen LogP contribution in [0.5, 0.6) is 0 Å². The lowest BCUT2D eigenvalue weighted by Gasteiger charge is -2.44. The molecule has 0 radical (unpaired) electrons. The van der Waals surface area contributed by atoms with E-state index in [2.05, 4.69) is 5.32 Å². The van der Waals surface area contributed by atoms with Gasteiger partial charge < -0.3 is 14.8 Å². The summed E-state index contributed by atoms with van der Waals surface area (Å²) in [6.45, 7) is 7.26. The van der Waals surface area contributed by atoms with Crippen LogP contribution in [-0.4, -0.2) is 40.4 Å². The molecule has 2 aliphatic heterocycles. The van der Waals surface area contributed by atoms with E-state index in [0.717, 1.165) is 12.1 Å². The maximum absolute atomic E-state index is 12.9. The minimum atomic E-state index is -0.487. The lowest BCUT2D eigenvalue weighted by molar-refractivity contribution is -0.139. The molecule has 0 saturated carbocycles. The molecule has 1 aromatic rings. The van der Waals surface area contributed by atoms with E-state index in [9.17, 15) is 14.4 Å². The van der Waals surface area contributed by atoms with E-state index < -0.39 is 6.04 Å². The number of likely N-dealkylation sites (tertiary alicyclic amines) is 1. The molecule has 1 saturated heterocycles. The molecule has 1 unspecified atom stereocenters. The van der Waals surface area contributed by atoms with E-state index in [0.29, 0.717) is 25.6 Å². The third-order valence-electron chi connectivity index (χ3n) is 5.08. The highest BCUT2D eigenvalue weighted by molar-refractivity contribution is 5.87. The van der Waals surface area contributed by atoms with Crippen LogP contribution in [0.1, 0.15) is 38.8 Å². The summed E-state index contributed by atoms with van der Waals surface area (Å²) >= 11 is 0. The Morgan fingerprint density at radius 3 is 2.62 bits per heavy atom. The van der Waals surface area contributed by atoms with Gasteiger partial charge in [-0.15, -0.1) is 0 Å². The highest BCUT2D eigenvalue weighted by atomic mass is 16.2. The molecule has 6 nitrogen and oxygen atoms in total. The first kappa shape index (κ1) is 16.7. The summed E-state index contributed by atoms with van der Waals surface area (Å²) in [6, 6.07) is 4.89. The van der Waals surface area contributed by atoms with E-state index >= 15 is 0 Å². The fourth-order valence-electron chi connectivity index (χ4n) is 4.01. The molecule has 3 heterocycles. The molecule has 2 amide bonds. The minimum Gasteiger partial charge on any atom is -0.344 e. The van der Waals surface area contributed by atoms with Crippen molar-refractivity contribution in [2.75, 3.05) is 13.1 Å². The Hall–Kier alpha value is -2.11. The first-order valence-corrected chi connectivity index (χ1v) is 8.62. The summed E-state index contributed by atoms with van der Waals surface area (Å²) in [7, 11) is 0. The Kier molecular flexibility index (Phi) is 4.47. The summed E-state index contributed by atoms with van der Waals surface area (Å²) in [4.78, 5) is 38.3. The molecule has 3 rings (SSSR count). The van der Waals surface area contributed by atoms with Crippen molar-refractivity contribution < 1.29 is 9.59 Å². The van der Waals surface area contributed by atoms with Gasteiger partial charge in [-0.3, -0.25) is 14.4 Å². The molecule has 2 aliphatic rings. The summed E-state index contributed by atoms with van der Waals surface area (Å²) in [6.07, 6.45) is 1.01. The van der Waals surface area contributed by atoms with Crippen LogP contribution in [0.2, 0.25) is 0 Å². The number of piperidine rings is 1. The smallest absolute Gasteiger partial charge is 0.250 e. The molecule has 0 aromatic carbocycles. The third kappa shape index (κ3) is 3.09. The van der Waals surface area contributed by atoms with Gasteiger partial charge in [-0.25, -0.2) is 0 Å². The van der Waals surface area contributed by atoms with E-state index in [1.165, 1.54) is 6.92 Å². The Morgan fingerprint density at radius 2 is 1.96 bits per heavy atom. The monoisotopic (exact) mass is 331 g/mol. The van der Waals surface area contributed by atoms with Crippen LogP contribution >= 0.6 is 0 Å². The van der Waals surface area contributed by atoms with Gasteiger partial charge in [0, 0.05) is 44.2 Å². The van der Waals surface area contributed by atoms with Crippen molar-refractivity contribution in [2.24, 2.45) is 11.8 Å². The number of rotatable bonds is 3. The van der Waals surface area contributed by atoms with Gasteiger partial charge in [0.15, 0.2) is 0 Å². The van der Waals surface area contributed by atoms with Gasteiger partial charge in [0.25, 0.3) is 5.56 Å². The molecule has 24 heavy (non-hydrogen) atoms. The summed E-state index contributed by atoms with van der Waals surface area (Å²) in [5.41, 5.74) is 1.07. The zero-order valence-corrected chi connectivity index (χ0v) is 14.5. The fourth-order valence-corrected chi connectivity index (χ4v) is 4.01. The number of carbonyl (C=O) groups is 2. The van der Waals surface area contributed by atoms with E-state index in [1.54, 1.807) is 12.1 Å². The molecular weight excluding hydrogens is 306 g/mol. The molecular formula is C18H25N3O3. The number of nitrogens with zero attached hydrogens (tertiary/aromatic N) is 2. The summed E-state index contributed by atoms with van der Waals surface area (Å²) in [5.74, 6) is 0.335. The number of hydrogen-bond donors (Lipinski definition) is 1. The van der Waals surface area contributed by atoms with Crippen molar-refractivity contribution in [1.82, 2.24) is 14.8 Å². The van der Waals surface area contributed by atoms with Crippen molar-refractivity contribution in [3.63, 3.8) is 0 Å². The molecule has 1 aromatic heterocycles. The lowest BCUT2D eigenvalue weighted by atomic mass is 9.82. The molecule has 3 atom stereocenters. The van der Waals surface area contributed by atoms with Crippen molar-refractivity contribution in [1.29, 1.82) is 0 Å². The maximum atomic E-state index is 12.9. The van der Waals surface area contributed by atoms with Crippen LogP contribution in [0.15, 0.2) is 23.0 Å². The quantitative estimate of drug-likeness (QED) is 0.896. The Bertz CT molecular complexity index is 710. The van der Waals surface area contributed by atoms with Crippen molar-refractivity contribution in [2.45, 2.75) is 45.7 Å².